The number of nitrogens with one attached hydrogen (secondary N) is 1. The molecule has 1 aliphatic heterocycles. The first-order valence-corrected chi connectivity index (χ1v) is 8.04. The number of aryl methyl sites for hydroxylation is 1. The molecule has 9 nitrogen and oxygen atoms in total. The van der Waals surface area contributed by atoms with E-state index in [1.807, 2.05) is 0 Å². The van der Waals surface area contributed by atoms with Gasteiger partial charge in [0.15, 0.2) is 5.96 Å². The normalized spacial score (nSPS) is 15.9. The number of hydrogen-bond donors (Lipinski definition) is 1. The molecule has 0 aliphatic carbocycles. The van der Waals surface area contributed by atoms with Crippen LogP contribution in [0.5, 0.6) is 0 Å². The molecule has 0 aromatic carbocycles. The van der Waals surface area contributed by atoms with Crippen LogP contribution in [0.2, 0.25) is 0 Å². The van der Waals surface area contributed by atoms with E-state index < -0.39 is 6.55 Å². The second kappa shape index (κ2) is 7.50. The van der Waals surface area contributed by atoms with Crippen molar-refractivity contribution in [2.45, 2.75) is 13.1 Å². The molecule has 26 heavy (non-hydrogen) atoms. The lowest BCUT2D eigenvalue weighted by molar-refractivity contribution is -0.120. The zero-order chi connectivity index (χ0) is 18.7. The number of amides is 1. The minimum Gasteiger partial charge on any atom is -0.349 e. The SMILES string of the molecule is CN=C(NCc1nccn1C(F)F)N1CCN(c2cnn(C)c2)C(=O)C1. The number of nitrogens with zero attached hydrogens (tertiary/aromatic N) is 7. The Morgan fingerprint density at radius 2 is 2.23 bits per heavy atom. The second-order valence-electron chi connectivity index (χ2n) is 5.77. The highest BCUT2D eigenvalue weighted by Crippen LogP contribution is 2.16. The molecule has 1 saturated heterocycles. The Balaban J connectivity index is 1.61. The third-order valence-corrected chi connectivity index (χ3v) is 4.10. The second-order valence-corrected chi connectivity index (χ2v) is 5.77. The lowest BCUT2D eigenvalue weighted by Crippen LogP contribution is -2.55. The third-order valence-electron chi connectivity index (χ3n) is 4.10. The van der Waals surface area contributed by atoms with Crippen molar-refractivity contribution < 1.29 is 13.6 Å². The van der Waals surface area contributed by atoms with Crippen LogP contribution in [0.1, 0.15) is 12.4 Å². The van der Waals surface area contributed by atoms with Crippen molar-refractivity contribution in [3.63, 3.8) is 0 Å². The van der Waals surface area contributed by atoms with Crippen molar-refractivity contribution in [3.8, 4) is 0 Å². The fourth-order valence-electron chi connectivity index (χ4n) is 2.82. The van der Waals surface area contributed by atoms with Gasteiger partial charge >= 0.3 is 6.55 Å². The first-order chi connectivity index (χ1) is 12.5. The average molecular weight is 366 g/mol. The minimum absolute atomic E-state index is 0.0821. The number of anilines is 1. The van der Waals surface area contributed by atoms with E-state index in [-0.39, 0.29) is 24.8 Å². The molecule has 0 unspecified atom stereocenters. The topological polar surface area (TPSA) is 83.6 Å². The predicted molar refractivity (Wildman–Crippen MR) is 90.8 cm³/mol. The van der Waals surface area contributed by atoms with Crippen molar-refractivity contribution in [1.29, 1.82) is 0 Å². The zero-order valence-corrected chi connectivity index (χ0v) is 14.5. The van der Waals surface area contributed by atoms with Crippen LogP contribution in [0.15, 0.2) is 29.8 Å². The molecular formula is C15H20F2N8O. The van der Waals surface area contributed by atoms with Crippen LogP contribution in [0.3, 0.4) is 0 Å². The summed E-state index contributed by atoms with van der Waals surface area (Å²) in [5, 5.41) is 7.07. The van der Waals surface area contributed by atoms with E-state index in [2.05, 4.69) is 20.4 Å². The van der Waals surface area contributed by atoms with Crippen LogP contribution in [0.4, 0.5) is 14.5 Å². The van der Waals surface area contributed by atoms with Gasteiger partial charge in [-0.3, -0.25) is 19.0 Å². The number of aromatic nitrogens is 4. The summed E-state index contributed by atoms with van der Waals surface area (Å²) in [5.41, 5.74) is 0.749. The summed E-state index contributed by atoms with van der Waals surface area (Å²) in [6.45, 7) is -1.39. The molecule has 140 valence electrons. The maximum atomic E-state index is 12.9. The first-order valence-electron chi connectivity index (χ1n) is 8.04. The predicted octanol–water partition coefficient (Wildman–Crippen LogP) is 0.436. The average Bonchev–Trinajstić information content (AvgIpc) is 3.24. The number of carbonyl (C=O) groups is 1. The summed E-state index contributed by atoms with van der Waals surface area (Å²) >= 11 is 0. The fourth-order valence-corrected chi connectivity index (χ4v) is 2.82. The molecule has 0 atom stereocenters. The van der Waals surface area contributed by atoms with Gasteiger partial charge in [0.05, 0.1) is 18.4 Å². The number of carbonyl (C=O) groups excluding carboxylic acids is 1. The monoisotopic (exact) mass is 366 g/mol. The molecule has 2 aromatic heterocycles. The highest BCUT2D eigenvalue weighted by molar-refractivity contribution is 5.98. The Labute approximate surface area is 148 Å². The van der Waals surface area contributed by atoms with Gasteiger partial charge in [-0.15, -0.1) is 0 Å². The fraction of sp³-hybridized carbons (Fsp3) is 0.467. The summed E-state index contributed by atoms with van der Waals surface area (Å²) in [4.78, 5) is 24.0. The van der Waals surface area contributed by atoms with E-state index in [1.165, 1.54) is 12.4 Å². The van der Waals surface area contributed by atoms with E-state index in [0.717, 1.165) is 10.3 Å². The molecule has 3 heterocycles. The third kappa shape index (κ3) is 3.65. The standard InChI is InChI=1S/C15H20F2N8O/c1-18-15(20-8-12-19-3-4-25(12)14(16)17)23-5-6-24(13(26)10-23)11-7-21-22(2)9-11/h3-4,7,9,14H,5-6,8,10H2,1-2H3,(H,18,20). The summed E-state index contributed by atoms with van der Waals surface area (Å²) in [6, 6.07) is 0. The highest BCUT2D eigenvalue weighted by atomic mass is 19.3. The molecule has 0 bridgehead atoms. The molecule has 0 spiro atoms. The van der Waals surface area contributed by atoms with Gasteiger partial charge in [-0.1, -0.05) is 0 Å². The van der Waals surface area contributed by atoms with Crippen molar-refractivity contribution >= 4 is 17.6 Å². The quantitative estimate of drug-likeness (QED) is 0.627. The molecule has 2 aromatic rings. The molecule has 0 saturated carbocycles. The van der Waals surface area contributed by atoms with E-state index >= 15 is 0 Å². The van der Waals surface area contributed by atoms with Crippen LogP contribution in [0.25, 0.3) is 0 Å². The highest BCUT2D eigenvalue weighted by Gasteiger charge is 2.27. The van der Waals surface area contributed by atoms with E-state index in [0.29, 0.717) is 19.0 Å². The summed E-state index contributed by atoms with van der Waals surface area (Å²) in [7, 11) is 3.37. The number of imidazole rings is 1. The van der Waals surface area contributed by atoms with E-state index in [9.17, 15) is 13.6 Å². The van der Waals surface area contributed by atoms with Crippen LogP contribution < -0.4 is 10.2 Å². The Hall–Kier alpha value is -2.98. The smallest absolute Gasteiger partial charge is 0.319 e. The van der Waals surface area contributed by atoms with Gasteiger partial charge in [-0.25, -0.2) is 4.98 Å². The van der Waals surface area contributed by atoms with Crippen LogP contribution in [-0.2, 0) is 18.4 Å². The van der Waals surface area contributed by atoms with Crippen LogP contribution in [-0.4, -0.2) is 62.8 Å². The summed E-state index contributed by atoms with van der Waals surface area (Å²) in [6.07, 6.45) is 5.97. The molecule has 3 rings (SSSR count). The van der Waals surface area contributed by atoms with Crippen molar-refractivity contribution in [2.24, 2.45) is 12.0 Å². The number of hydrogen-bond acceptors (Lipinski definition) is 4. The maximum Gasteiger partial charge on any atom is 0.319 e. The molecule has 1 N–H and O–H groups in total. The number of halogens is 2. The zero-order valence-electron chi connectivity index (χ0n) is 14.5. The maximum absolute atomic E-state index is 12.9. The Morgan fingerprint density at radius 3 is 2.85 bits per heavy atom. The van der Waals surface area contributed by atoms with Crippen molar-refractivity contribution in [2.75, 3.05) is 31.6 Å². The number of piperazine rings is 1. The summed E-state index contributed by atoms with van der Waals surface area (Å²) < 4.78 is 28.2. The lowest BCUT2D eigenvalue weighted by atomic mass is 10.3. The number of aliphatic imine (C=N–C) groups is 1. The minimum atomic E-state index is -2.65. The van der Waals surface area contributed by atoms with Gasteiger partial charge < -0.3 is 15.1 Å². The Bertz CT molecular complexity index is 799. The van der Waals surface area contributed by atoms with Gasteiger partial charge in [-0.2, -0.15) is 13.9 Å². The molecule has 1 aliphatic rings. The van der Waals surface area contributed by atoms with Crippen LogP contribution in [0, 0.1) is 0 Å². The Morgan fingerprint density at radius 1 is 1.42 bits per heavy atom. The van der Waals surface area contributed by atoms with Gasteiger partial charge in [0.2, 0.25) is 5.91 Å². The van der Waals surface area contributed by atoms with Gasteiger partial charge in [0.1, 0.15) is 12.4 Å². The molecule has 11 heteroatoms. The number of alkyl halides is 2. The largest absolute Gasteiger partial charge is 0.349 e. The van der Waals surface area contributed by atoms with E-state index in [4.69, 9.17) is 0 Å². The molecular weight excluding hydrogens is 346 g/mol. The van der Waals surface area contributed by atoms with Crippen molar-refractivity contribution in [1.82, 2.24) is 29.5 Å². The molecule has 1 fully saturated rings. The van der Waals surface area contributed by atoms with Gasteiger partial charge in [0, 0.05) is 45.8 Å². The molecule has 1 amide bonds. The molecule has 0 radical (unpaired) electrons. The van der Waals surface area contributed by atoms with Gasteiger partial charge in [-0.05, 0) is 0 Å². The van der Waals surface area contributed by atoms with E-state index in [1.54, 1.807) is 41.0 Å². The number of rotatable bonds is 4. The number of guanidine groups is 1. The first kappa shape index (κ1) is 17.8. The van der Waals surface area contributed by atoms with Crippen LogP contribution >= 0.6 is 0 Å². The van der Waals surface area contributed by atoms with Gasteiger partial charge in [0.25, 0.3) is 0 Å². The van der Waals surface area contributed by atoms with Crippen molar-refractivity contribution in [3.05, 3.63) is 30.6 Å². The summed E-state index contributed by atoms with van der Waals surface area (Å²) in [5.74, 6) is 0.579. The Kier molecular flexibility index (Phi) is 5.14. The lowest BCUT2D eigenvalue weighted by Gasteiger charge is -2.35.